The highest BCUT2D eigenvalue weighted by atomic mass is 16.5. The zero-order valence-corrected chi connectivity index (χ0v) is 9.41. The first-order chi connectivity index (χ1) is 7.26. The fourth-order valence-corrected chi connectivity index (χ4v) is 2.81. The van der Waals surface area contributed by atoms with E-state index in [0.29, 0.717) is 0 Å². The Hall–Kier alpha value is -0.830. The lowest BCUT2D eigenvalue weighted by Gasteiger charge is -2.28. The molecule has 0 bridgehead atoms. The summed E-state index contributed by atoms with van der Waals surface area (Å²) < 4.78 is 10.2. The zero-order chi connectivity index (χ0) is 10.8. The van der Waals surface area contributed by atoms with Crippen molar-refractivity contribution in [2.45, 2.75) is 38.2 Å². The van der Waals surface area contributed by atoms with Gasteiger partial charge in [-0.3, -0.25) is 4.79 Å². The van der Waals surface area contributed by atoms with E-state index in [1.807, 2.05) is 0 Å². The minimum Gasteiger partial charge on any atom is -0.469 e. The molecule has 0 spiro atoms. The molecule has 0 unspecified atom stereocenters. The smallest absolute Gasteiger partial charge is 0.312 e. The van der Waals surface area contributed by atoms with Crippen LogP contribution in [0.15, 0.2) is 11.1 Å². The van der Waals surface area contributed by atoms with E-state index < -0.39 is 0 Å². The highest BCUT2D eigenvalue weighted by Crippen LogP contribution is 2.41. The fourth-order valence-electron chi connectivity index (χ4n) is 2.81. The van der Waals surface area contributed by atoms with Gasteiger partial charge in [0.25, 0.3) is 0 Å². The molecule has 0 heterocycles. The van der Waals surface area contributed by atoms with Crippen LogP contribution in [0, 0.1) is 5.92 Å². The molecule has 0 saturated heterocycles. The van der Waals surface area contributed by atoms with Crippen LogP contribution in [0.3, 0.4) is 0 Å². The minimum atomic E-state index is -0.0915. The fraction of sp³-hybridized carbons (Fsp3) is 0.750. The molecule has 15 heavy (non-hydrogen) atoms. The Bertz CT molecular complexity index is 293. The molecule has 3 nitrogen and oxygen atoms in total. The summed E-state index contributed by atoms with van der Waals surface area (Å²) in [4.78, 5) is 11.7. The molecule has 0 aliphatic heterocycles. The maximum absolute atomic E-state index is 11.7. The molecule has 0 aromatic carbocycles. The quantitative estimate of drug-likeness (QED) is 0.517. The first kappa shape index (κ1) is 10.7. The predicted octanol–water partition coefficient (Wildman–Crippen LogP) is 2.06. The number of carbonyl (C=O) groups excluding carboxylic acids is 1. The van der Waals surface area contributed by atoms with Gasteiger partial charge >= 0.3 is 5.97 Å². The van der Waals surface area contributed by atoms with E-state index in [9.17, 15) is 4.79 Å². The lowest BCUT2D eigenvalue weighted by Crippen LogP contribution is -2.29. The van der Waals surface area contributed by atoms with Gasteiger partial charge in [0.1, 0.15) is 0 Å². The number of esters is 1. The number of hydrogen-bond acceptors (Lipinski definition) is 3. The SMILES string of the molecule is COC(=O)[C@@H]1C[C@@H](OC)CC2=C1CCC2. The summed E-state index contributed by atoms with van der Waals surface area (Å²) in [7, 11) is 3.19. The largest absolute Gasteiger partial charge is 0.469 e. The Labute approximate surface area is 90.4 Å². The molecule has 0 radical (unpaired) electrons. The first-order valence-corrected chi connectivity index (χ1v) is 5.57. The van der Waals surface area contributed by atoms with E-state index in [1.54, 1.807) is 7.11 Å². The van der Waals surface area contributed by atoms with Crippen molar-refractivity contribution < 1.29 is 14.3 Å². The number of carbonyl (C=O) groups is 1. The molecule has 84 valence electrons. The van der Waals surface area contributed by atoms with Gasteiger partial charge in [0.15, 0.2) is 0 Å². The van der Waals surface area contributed by atoms with Gasteiger partial charge in [0, 0.05) is 7.11 Å². The van der Waals surface area contributed by atoms with Gasteiger partial charge < -0.3 is 9.47 Å². The molecule has 0 saturated carbocycles. The van der Waals surface area contributed by atoms with Crippen molar-refractivity contribution in [1.29, 1.82) is 0 Å². The van der Waals surface area contributed by atoms with Crippen LogP contribution in [-0.2, 0) is 14.3 Å². The Balaban J connectivity index is 2.20. The Morgan fingerprint density at radius 1 is 1.33 bits per heavy atom. The summed E-state index contributed by atoms with van der Waals surface area (Å²) >= 11 is 0. The number of methoxy groups -OCH3 is 2. The maximum Gasteiger partial charge on any atom is 0.312 e. The zero-order valence-electron chi connectivity index (χ0n) is 9.41. The topological polar surface area (TPSA) is 35.5 Å². The predicted molar refractivity (Wildman–Crippen MR) is 56.4 cm³/mol. The van der Waals surface area contributed by atoms with Gasteiger partial charge in [-0.15, -0.1) is 0 Å². The van der Waals surface area contributed by atoms with Gasteiger partial charge in [-0.25, -0.2) is 0 Å². The molecule has 3 heteroatoms. The summed E-state index contributed by atoms with van der Waals surface area (Å²) in [5.74, 6) is -0.127. The number of ether oxygens (including phenoxy) is 2. The van der Waals surface area contributed by atoms with Crippen molar-refractivity contribution in [2.75, 3.05) is 14.2 Å². The monoisotopic (exact) mass is 210 g/mol. The normalized spacial score (nSPS) is 30.3. The second-order valence-corrected chi connectivity index (χ2v) is 4.36. The summed E-state index contributed by atoms with van der Waals surface area (Å²) in [5, 5.41) is 0. The highest BCUT2D eigenvalue weighted by Gasteiger charge is 2.36. The summed E-state index contributed by atoms with van der Waals surface area (Å²) in [5.41, 5.74) is 2.79. The average Bonchev–Trinajstić information content (AvgIpc) is 2.74. The van der Waals surface area contributed by atoms with Crippen molar-refractivity contribution in [3.63, 3.8) is 0 Å². The molecule has 2 aliphatic rings. The van der Waals surface area contributed by atoms with Crippen molar-refractivity contribution in [1.82, 2.24) is 0 Å². The lowest BCUT2D eigenvalue weighted by molar-refractivity contribution is -0.145. The van der Waals surface area contributed by atoms with Crippen molar-refractivity contribution >= 4 is 5.97 Å². The van der Waals surface area contributed by atoms with Gasteiger partial charge in [0.05, 0.1) is 19.1 Å². The lowest BCUT2D eigenvalue weighted by atomic mass is 9.82. The third-order valence-electron chi connectivity index (χ3n) is 3.59. The average molecular weight is 210 g/mol. The number of hydrogen-bond donors (Lipinski definition) is 0. The second kappa shape index (κ2) is 4.35. The van der Waals surface area contributed by atoms with Gasteiger partial charge in [0.2, 0.25) is 0 Å². The minimum absolute atomic E-state index is 0.0359. The molecule has 0 N–H and O–H groups in total. The molecule has 0 aromatic heterocycles. The van der Waals surface area contributed by atoms with E-state index in [1.165, 1.54) is 24.7 Å². The summed E-state index contributed by atoms with van der Waals surface area (Å²) in [6.45, 7) is 0. The molecule has 2 aliphatic carbocycles. The summed E-state index contributed by atoms with van der Waals surface area (Å²) in [6.07, 6.45) is 5.41. The number of rotatable bonds is 2. The molecule has 0 fully saturated rings. The van der Waals surface area contributed by atoms with Gasteiger partial charge in [-0.1, -0.05) is 11.1 Å². The van der Waals surface area contributed by atoms with Crippen molar-refractivity contribution in [3.05, 3.63) is 11.1 Å². The van der Waals surface area contributed by atoms with Crippen molar-refractivity contribution in [3.8, 4) is 0 Å². The first-order valence-electron chi connectivity index (χ1n) is 5.57. The van der Waals surface area contributed by atoms with E-state index in [4.69, 9.17) is 9.47 Å². The molecule has 0 aromatic rings. The van der Waals surface area contributed by atoms with E-state index in [0.717, 1.165) is 25.7 Å². The van der Waals surface area contributed by atoms with E-state index in [2.05, 4.69) is 0 Å². The van der Waals surface area contributed by atoms with Crippen LogP contribution in [0.25, 0.3) is 0 Å². The Morgan fingerprint density at radius 3 is 2.80 bits per heavy atom. The van der Waals surface area contributed by atoms with Crippen LogP contribution in [-0.4, -0.2) is 26.3 Å². The molecular formula is C12H18O3. The standard InChI is InChI=1S/C12H18O3/c1-14-9-6-8-4-3-5-10(8)11(7-9)12(13)15-2/h9,11H,3-7H2,1-2H3/t9-,11+/m0/s1. The summed E-state index contributed by atoms with van der Waals surface area (Å²) in [6, 6.07) is 0. The van der Waals surface area contributed by atoms with Crippen LogP contribution < -0.4 is 0 Å². The van der Waals surface area contributed by atoms with Crippen molar-refractivity contribution in [2.24, 2.45) is 5.92 Å². The Kier molecular flexibility index (Phi) is 3.10. The molecular weight excluding hydrogens is 192 g/mol. The second-order valence-electron chi connectivity index (χ2n) is 4.36. The van der Waals surface area contributed by atoms with Crippen LogP contribution in [0.4, 0.5) is 0 Å². The molecule has 0 amide bonds. The van der Waals surface area contributed by atoms with Crippen LogP contribution >= 0.6 is 0 Å². The van der Waals surface area contributed by atoms with Crippen LogP contribution in [0.2, 0.25) is 0 Å². The highest BCUT2D eigenvalue weighted by molar-refractivity contribution is 5.76. The maximum atomic E-state index is 11.7. The van der Waals surface area contributed by atoms with Gasteiger partial charge in [-0.05, 0) is 32.1 Å². The van der Waals surface area contributed by atoms with E-state index >= 15 is 0 Å². The van der Waals surface area contributed by atoms with Crippen LogP contribution in [0.5, 0.6) is 0 Å². The van der Waals surface area contributed by atoms with Crippen LogP contribution in [0.1, 0.15) is 32.1 Å². The van der Waals surface area contributed by atoms with E-state index in [-0.39, 0.29) is 18.0 Å². The third kappa shape index (κ3) is 1.93. The molecule has 2 rings (SSSR count). The Morgan fingerprint density at radius 2 is 2.13 bits per heavy atom. The van der Waals surface area contributed by atoms with Gasteiger partial charge in [-0.2, -0.15) is 0 Å². The third-order valence-corrected chi connectivity index (χ3v) is 3.59. The molecule has 2 atom stereocenters.